The van der Waals surface area contributed by atoms with Crippen LogP contribution < -0.4 is 0 Å². The molecule has 1 aliphatic heterocycles. The molecule has 0 aromatic heterocycles. The molecule has 2 fully saturated rings. The van der Waals surface area contributed by atoms with E-state index in [2.05, 4.69) is 6.92 Å². The van der Waals surface area contributed by atoms with Crippen LogP contribution in [0.15, 0.2) is 48.6 Å². The van der Waals surface area contributed by atoms with Crippen LogP contribution >= 0.6 is 0 Å². The zero-order valence-electron chi connectivity index (χ0n) is 14.5. The molecule has 2 aliphatic rings. The number of esters is 1. The van der Waals surface area contributed by atoms with Gasteiger partial charge in [-0.1, -0.05) is 43.4 Å². The number of hydrogen-bond acceptors (Lipinski definition) is 5. The molecule has 1 aliphatic carbocycles. The fourth-order valence-electron chi connectivity index (χ4n) is 3.10. The van der Waals surface area contributed by atoms with E-state index in [0.717, 1.165) is 25.5 Å². The highest BCUT2D eigenvalue weighted by Gasteiger charge is 2.57. The predicted molar refractivity (Wildman–Crippen MR) is 92.0 cm³/mol. The lowest BCUT2D eigenvalue weighted by Gasteiger charge is -2.38. The Morgan fingerprint density at radius 1 is 1.12 bits per heavy atom. The molecule has 136 valence electrons. The third-order valence-corrected chi connectivity index (χ3v) is 4.62. The van der Waals surface area contributed by atoms with Crippen molar-refractivity contribution in [1.29, 1.82) is 0 Å². The van der Waals surface area contributed by atoms with Gasteiger partial charge >= 0.3 is 11.9 Å². The second kappa shape index (κ2) is 8.78. The number of hydrogen-bond donors (Lipinski definition) is 1. The molecular formula is C19H24O6. The van der Waals surface area contributed by atoms with E-state index in [1.165, 1.54) is 12.2 Å². The first-order valence-corrected chi connectivity index (χ1v) is 8.27. The fraction of sp³-hybridized carbons (Fsp3) is 0.474. The lowest BCUT2D eigenvalue weighted by Crippen LogP contribution is -2.48. The van der Waals surface area contributed by atoms with E-state index in [1.807, 2.05) is 0 Å². The summed E-state index contributed by atoms with van der Waals surface area (Å²) in [4.78, 5) is 22.2. The fourth-order valence-corrected chi connectivity index (χ4v) is 3.10. The number of carboxylic acid groups (broad SMARTS) is 1. The molecule has 0 amide bonds. The summed E-state index contributed by atoms with van der Waals surface area (Å²) in [5.41, 5.74) is -0.0798. The molecule has 0 aromatic rings. The van der Waals surface area contributed by atoms with Crippen molar-refractivity contribution in [3.8, 4) is 0 Å². The number of methoxy groups -OCH3 is 1. The first-order chi connectivity index (χ1) is 12.0. The van der Waals surface area contributed by atoms with Crippen LogP contribution in [0.1, 0.15) is 19.8 Å². The minimum atomic E-state index is -0.998. The quantitative estimate of drug-likeness (QED) is 0.329. The summed E-state index contributed by atoms with van der Waals surface area (Å²) in [6.45, 7) is 2.83. The van der Waals surface area contributed by atoms with Crippen LogP contribution in [0, 0.1) is 5.92 Å². The number of aliphatic carboxylic acids is 1. The summed E-state index contributed by atoms with van der Waals surface area (Å²) < 4.78 is 16.6. The Balaban J connectivity index is 1.78. The Bertz CT molecular complexity index is 597. The molecule has 6 nitrogen and oxygen atoms in total. The number of carboxylic acids is 1. The van der Waals surface area contributed by atoms with Crippen molar-refractivity contribution in [3.63, 3.8) is 0 Å². The molecule has 25 heavy (non-hydrogen) atoms. The van der Waals surface area contributed by atoms with Crippen LogP contribution in [-0.4, -0.2) is 48.6 Å². The number of epoxide rings is 1. The average molecular weight is 348 g/mol. The monoisotopic (exact) mass is 348 g/mol. The molecule has 1 heterocycles. The summed E-state index contributed by atoms with van der Waals surface area (Å²) in [6, 6.07) is 0. The molecule has 0 radical (unpaired) electrons. The summed E-state index contributed by atoms with van der Waals surface area (Å²) in [6.07, 6.45) is 13.2. The Hall–Kier alpha value is -2.18. The molecular weight excluding hydrogens is 324 g/mol. The van der Waals surface area contributed by atoms with E-state index in [4.69, 9.17) is 19.3 Å². The first kappa shape index (κ1) is 19.1. The predicted octanol–water partition coefficient (Wildman–Crippen LogP) is 2.42. The van der Waals surface area contributed by atoms with E-state index >= 15 is 0 Å². The normalized spacial score (nSPS) is 32.3. The lowest BCUT2D eigenvalue weighted by molar-refractivity contribution is -0.160. The Morgan fingerprint density at radius 3 is 2.28 bits per heavy atom. The minimum Gasteiger partial charge on any atom is -0.478 e. The van der Waals surface area contributed by atoms with Crippen LogP contribution in [0.2, 0.25) is 0 Å². The van der Waals surface area contributed by atoms with E-state index in [0.29, 0.717) is 0 Å². The third kappa shape index (κ3) is 5.41. The second-order valence-electron chi connectivity index (χ2n) is 6.18. The summed E-state index contributed by atoms with van der Waals surface area (Å²) in [7, 11) is 1.63. The second-order valence-corrected chi connectivity index (χ2v) is 6.18. The van der Waals surface area contributed by atoms with Gasteiger partial charge in [-0.05, 0) is 12.8 Å². The van der Waals surface area contributed by atoms with Gasteiger partial charge in [-0.15, -0.1) is 0 Å². The van der Waals surface area contributed by atoms with E-state index < -0.39 is 11.9 Å². The largest absolute Gasteiger partial charge is 0.478 e. The van der Waals surface area contributed by atoms with Gasteiger partial charge in [0.15, 0.2) is 0 Å². The maximum atomic E-state index is 11.9. The molecule has 0 bridgehead atoms. The van der Waals surface area contributed by atoms with E-state index in [1.54, 1.807) is 37.5 Å². The Kier molecular flexibility index (Phi) is 6.73. The van der Waals surface area contributed by atoms with Crippen molar-refractivity contribution in [2.45, 2.75) is 37.6 Å². The SMILES string of the molecule is CO[C@@H]1[C@H](OC(=O)/C=C/C=C/C=C/C=C\C(=O)O)CC[C@]2(CO2)[C@H]1C. The maximum absolute atomic E-state index is 11.9. The third-order valence-electron chi connectivity index (χ3n) is 4.62. The summed E-state index contributed by atoms with van der Waals surface area (Å²) in [5.74, 6) is -1.22. The van der Waals surface area contributed by atoms with Crippen molar-refractivity contribution >= 4 is 11.9 Å². The lowest BCUT2D eigenvalue weighted by atomic mass is 9.76. The maximum Gasteiger partial charge on any atom is 0.331 e. The van der Waals surface area contributed by atoms with Crippen molar-refractivity contribution in [2.24, 2.45) is 5.92 Å². The van der Waals surface area contributed by atoms with Gasteiger partial charge in [0.1, 0.15) is 6.10 Å². The van der Waals surface area contributed by atoms with Gasteiger partial charge in [0.25, 0.3) is 0 Å². The first-order valence-electron chi connectivity index (χ1n) is 8.27. The van der Waals surface area contributed by atoms with Gasteiger partial charge in [-0.3, -0.25) is 0 Å². The van der Waals surface area contributed by atoms with Gasteiger partial charge in [0.2, 0.25) is 0 Å². The van der Waals surface area contributed by atoms with Crippen LogP contribution in [-0.2, 0) is 23.8 Å². The van der Waals surface area contributed by atoms with Gasteiger partial charge in [-0.25, -0.2) is 9.59 Å². The standard InChI is InChI=1S/C19H24O6/c1-14-18(23-2)15(11-12-19(14)13-24-19)25-17(22)10-8-6-4-3-5-7-9-16(20)21/h3-10,14-15,18H,11-13H2,1-2H3,(H,20,21)/b5-3+,6-4+,9-7-,10-8+/t14-,15+,18-,19-/m0/s1. The molecule has 1 spiro atoms. The molecule has 0 aromatic carbocycles. The van der Waals surface area contributed by atoms with Crippen molar-refractivity contribution in [2.75, 3.05) is 13.7 Å². The van der Waals surface area contributed by atoms with E-state index in [9.17, 15) is 9.59 Å². The highest BCUT2D eigenvalue weighted by Crippen LogP contribution is 2.47. The highest BCUT2D eigenvalue weighted by molar-refractivity contribution is 5.82. The van der Waals surface area contributed by atoms with Crippen molar-refractivity contribution in [1.82, 2.24) is 0 Å². The zero-order chi connectivity index (χ0) is 18.3. The van der Waals surface area contributed by atoms with Crippen molar-refractivity contribution in [3.05, 3.63) is 48.6 Å². The Morgan fingerprint density at radius 2 is 1.72 bits per heavy atom. The molecule has 1 saturated carbocycles. The number of carbonyl (C=O) groups excluding carboxylic acids is 1. The molecule has 2 rings (SSSR count). The molecule has 1 saturated heterocycles. The van der Waals surface area contributed by atoms with Crippen molar-refractivity contribution < 1.29 is 28.9 Å². The Labute approximate surface area is 147 Å². The van der Waals surface area contributed by atoms with Crippen LogP contribution in [0.5, 0.6) is 0 Å². The zero-order valence-corrected chi connectivity index (χ0v) is 14.5. The van der Waals surface area contributed by atoms with E-state index in [-0.39, 0.29) is 23.7 Å². The molecule has 0 unspecified atom stereocenters. The number of rotatable bonds is 7. The summed E-state index contributed by atoms with van der Waals surface area (Å²) in [5, 5.41) is 8.42. The highest BCUT2D eigenvalue weighted by atomic mass is 16.6. The van der Waals surface area contributed by atoms with Crippen LogP contribution in [0.3, 0.4) is 0 Å². The molecule has 1 N–H and O–H groups in total. The summed E-state index contributed by atoms with van der Waals surface area (Å²) >= 11 is 0. The number of carbonyl (C=O) groups is 2. The molecule has 4 atom stereocenters. The molecule has 6 heteroatoms. The number of ether oxygens (including phenoxy) is 3. The van der Waals surface area contributed by atoms with Gasteiger partial charge in [-0.2, -0.15) is 0 Å². The minimum absolute atomic E-state index is 0.0798. The topological polar surface area (TPSA) is 85.4 Å². The van der Waals surface area contributed by atoms with Gasteiger partial charge < -0.3 is 19.3 Å². The van der Waals surface area contributed by atoms with Crippen LogP contribution in [0.25, 0.3) is 0 Å². The van der Waals surface area contributed by atoms with Gasteiger partial charge in [0.05, 0.1) is 18.3 Å². The smallest absolute Gasteiger partial charge is 0.331 e. The van der Waals surface area contributed by atoms with Crippen LogP contribution in [0.4, 0.5) is 0 Å². The number of allylic oxidation sites excluding steroid dienone is 6. The van der Waals surface area contributed by atoms with Gasteiger partial charge in [0, 0.05) is 25.2 Å². The average Bonchev–Trinajstić information content (AvgIpc) is 3.35.